The zero-order valence-electron chi connectivity index (χ0n) is 18.2. The summed E-state index contributed by atoms with van der Waals surface area (Å²) in [5.74, 6) is -0.607. The van der Waals surface area contributed by atoms with Crippen LogP contribution in [-0.2, 0) is 0 Å². The van der Waals surface area contributed by atoms with E-state index in [0.29, 0.717) is 12.6 Å². The van der Waals surface area contributed by atoms with Gasteiger partial charge in [-0.15, -0.1) is 23.7 Å². The number of halogens is 1. The number of nitrogens with one attached hydrogen (secondary N) is 2. The first-order valence-corrected chi connectivity index (χ1v) is 10.4. The van der Waals surface area contributed by atoms with Crippen LogP contribution in [-0.4, -0.2) is 66.7 Å². The van der Waals surface area contributed by atoms with Crippen molar-refractivity contribution in [3.63, 3.8) is 0 Å². The molecule has 11 heteroatoms. The first-order chi connectivity index (χ1) is 14.3. The highest BCUT2D eigenvalue weighted by molar-refractivity contribution is 7.14. The number of phenolic OH excluding ortho intramolecular Hbond substituents is 1. The van der Waals surface area contributed by atoms with Crippen molar-refractivity contribution in [2.75, 3.05) is 39.2 Å². The van der Waals surface area contributed by atoms with E-state index in [1.807, 2.05) is 0 Å². The third kappa shape index (κ3) is 6.98. The molecule has 2 rings (SSSR count). The third-order valence-electron chi connectivity index (χ3n) is 4.52. The number of hydrogen-bond donors (Lipinski definition) is 3. The number of likely N-dealkylation sites (N-methyl/N-ethyl adjacent to an activating group) is 1. The van der Waals surface area contributed by atoms with E-state index in [1.54, 1.807) is 5.38 Å². The molecule has 0 saturated carbocycles. The zero-order chi connectivity index (χ0) is 22.3. The molecule has 0 aliphatic carbocycles. The Labute approximate surface area is 192 Å². The van der Waals surface area contributed by atoms with Gasteiger partial charge in [0, 0.05) is 36.6 Å². The summed E-state index contributed by atoms with van der Waals surface area (Å²) >= 11 is 1.14. The minimum atomic E-state index is -0.498. The first kappa shape index (κ1) is 26.5. The van der Waals surface area contributed by atoms with Crippen LogP contribution in [0.4, 0.5) is 5.13 Å². The molecule has 2 aromatic rings. The lowest BCUT2D eigenvalue weighted by atomic mass is 10.1. The van der Waals surface area contributed by atoms with Crippen molar-refractivity contribution in [3.05, 3.63) is 28.8 Å². The summed E-state index contributed by atoms with van der Waals surface area (Å²) in [6.07, 6.45) is 0. The second-order valence-corrected chi connectivity index (χ2v) is 7.55. The number of amides is 2. The summed E-state index contributed by atoms with van der Waals surface area (Å²) in [6, 6.07) is 3.08. The highest BCUT2D eigenvalue weighted by atomic mass is 35.5. The van der Waals surface area contributed by atoms with Crippen molar-refractivity contribution in [2.45, 2.75) is 26.8 Å². The molecule has 172 valence electrons. The number of rotatable bonds is 10. The van der Waals surface area contributed by atoms with E-state index in [4.69, 9.17) is 9.47 Å². The van der Waals surface area contributed by atoms with Gasteiger partial charge in [0.25, 0.3) is 11.8 Å². The predicted octanol–water partition coefficient (Wildman–Crippen LogP) is 3.00. The number of hydrogen-bond acceptors (Lipinski definition) is 8. The molecular weight excluding hydrogens is 444 g/mol. The van der Waals surface area contributed by atoms with Crippen LogP contribution in [0.1, 0.15) is 41.6 Å². The van der Waals surface area contributed by atoms with Gasteiger partial charge in [0.05, 0.1) is 19.8 Å². The molecule has 3 N–H and O–H groups in total. The van der Waals surface area contributed by atoms with Gasteiger partial charge < -0.3 is 19.9 Å². The zero-order valence-corrected chi connectivity index (χ0v) is 19.9. The number of aromatic nitrogens is 1. The number of benzene rings is 1. The summed E-state index contributed by atoms with van der Waals surface area (Å²) in [4.78, 5) is 31.4. The minimum Gasteiger partial charge on any atom is -0.504 e. The number of nitrogens with zero attached hydrogens (tertiary/aromatic N) is 2. The SMILES string of the molecule is CCN(CCNC(=O)c1csc(NC(=O)c2cc(OC)c(O)cc2OC)n1)C(C)C.Cl. The van der Waals surface area contributed by atoms with Crippen molar-refractivity contribution in [1.82, 2.24) is 15.2 Å². The van der Waals surface area contributed by atoms with Gasteiger partial charge in [-0.3, -0.25) is 19.8 Å². The Morgan fingerprint density at radius 2 is 1.87 bits per heavy atom. The van der Waals surface area contributed by atoms with E-state index in [2.05, 4.69) is 41.3 Å². The Kier molecular flexibility index (Phi) is 10.5. The van der Waals surface area contributed by atoms with Gasteiger partial charge in [0.2, 0.25) is 0 Å². The van der Waals surface area contributed by atoms with Gasteiger partial charge in [0.15, 0.2) is 16.6 Å². The molecule has 0 unspecified atom stereocenters. The summed E-state index contributed by atoms with van der Waals surface area (Å²) in [7, 11) is 2.78. The second kappa shape index (κ2) is 12.3. The Bertz CT molecular complexity index is 890. The average molecular weight is 473 g/mol. The number of anilines is 1. The van der Waals surface area contributed by atoms with E-state index in [9.17, 15) is 14.7 Å². The second-order valence-electron chi connectivity index (χ2n) is 6.69. The quantitative estimate of drug-likeness (QED) is 0.487. The van der Waals surface area contributed by atoms with Gasteiger partial charge in [-0.05, 0) is 20.4 Å². The molecule has 0 saturated heterocycles. The standard InChI is InChI=1S/C20H28N4O5S.ClH/c1-6-24(12(2)3)8-7-21-19(27)14-11-30-20(22-14)23-18(26)13-9-17(29-5)15(25)10-16(13)28-4;/h9-12,25H,6-8H2,1-5H3,(H,21,27)(H,22,23,26);1H. The smallest absolute Gasteiger partial charge is 0.270 e. The number of phenols is 1. The molecule has 1 aromatic heterocycles. The van der Waals surface area contributed by atoms with Crippen LogP contribution in [0.2, 0.25) is 0 Å². The Balaban J connectivity index is 0.00000480. The van der Waals surface area contributed by atoms with Gasteiger partial charge in [-0.2, -0.15) is 0 Å². The van der Waals surface area contributed by atoms with Crippen molar-refractivity contribution >= 4 is 40.7 Å². The van der Waals surface area contributed by atoms with Gasteiger partial charge in [0.1, 0.15) is 11.4 Å². The van der Waals surface area contributed by atoms with E-state index < -0.39 is 5.91 Å². The molecule has 0 spiro atoms. The van der Waals surface area contributed by atoms with Crippen LogP contribution in [0.15, 0.2) is 17.5 Å². The molecule has 0 bridgehead atoms. The lowest BCUT2D eigenvalue weighted by molar-refractivity contribution is 0.0940. The number of carbonyl (C=O) groups excluding carboxylic acids is 2. The molecule has 1 aromatic carbocycles. The van der Waals surface area contributed by atoms with Crippen LogP contribution in [0, 0.1) is 0 Å². The van der Waals surface area contributed by atoms with Crippen LogP contribution in [0.25, 0.3) is 0 Å². The van der Waals surface area contributed by atoms with Crippen LogP contribution < -0.4 is 20.1 Å². The van der Waals surface area contributed by atoms with Crippen molar-refractivity contribution in [2.24, 2.45) is 0 Å². The van der Waals surface area contributed by atoms with E-state index in [0.717, 1.165) is 24.4 Å². The van der Waals surface area contributed by atoms with Crippen molar-refractivity contribution < 1.29 is 24.2 Å². The maximum atomic E-state index is 12.6. The topological polar surface area (TPSA) is 113 Å². The molecular formula is C20H29ClN4O5S. The van der Waals surface area contributed by atoms with Crippen molar-refractivity contribution in [3.8, 4) is 17.2 Å². The molecule has 0 atom stereocenters. The number of thiazole rings is 1. The van der Waals surface area contributed by atoms with Crippen LogP contribution >= 0.6 is 23.7 Å². The highest BCUT2D eigenvalue weighted by Crippen LogP contribution is 2.34. The Morgan fingerprint density at radius 3 is 2.45 bits per heavy atom. The lowest BCUT2D eigenvalue weighted by Gasteiger charge is -2.24. The summed E-state index contributed by atoms with van der Waals surface area (Å²) in [6.45, 7) is 8.46. The first-order valence-electron chi connectivity index (χ1n) is 9.54. The van der Waals surface area contributed by atoms with Crippen LogP contribution in [0.3, 0.4) is 0 Å². The van der Waals surface area contributed by atoms with E-state index in [-0.39, 0.29) is 52.0 Å². The highest BCUT2D eigenvalue weighted by Gasteiger charge is 2.19. The molecule has 1 heterocycles. The van der Waals surface area contributed by atoms with E-state index in [1.165, 1.54) is 26.4 Å². The Morgan fingerprint density at radius 1 is 1.19 bits per heavy atom. The molecule has 31 heavy (non-hydrogen) atoms. The summed E-state index contributed by atoms with van der Waals surface area (Å²) < 4.78 is 10.2. The number of methoxy groups -OCH3 is 2. The maximum absolute atomic E-state index is 12.6. The summed E-state index contributed by atoms with van der Waals surface area (Å²) in [5, 5.41) is 17.2. The van der Waals surface area contributed by atoms with Gasteiger partial charge >= 0.3 is 0 Å². The molecule has 0 aliphatic heterocycles. The van der Waals surface area contributed by atoms with Crippen LogP contribution in [0.5, 0.6) is 17.2 Å². The van der Waals surface area contributed by atoms with Gasteiger partial charge in [-0.25, -0.2) is 4.98 Å². The minimum absolute atomic E-state index is 0. The number of ether oxygens (including phenoxy) is 2. The largest absolute Gasteiger partial charge is 0.504 e. The number of aromatic hydroxyl groups is 1. The molecule has 9 nitrogen and oxygen atoms in total. The fourth-order valence-corrected chi connectivity index (χ4v) is 3.53. The van der Waals surface area contributed by atoms with Gasteiger partial charge in [-0.1, -0.05) is 6.92 Å². The monoisotopic (exact) mass is 472 g/mol. The normalized spacial score (nSPS) is 10.5. The molecule has 0 fully saturated rings. The predicted molar refractivity (Wildman–Crippen MR) is 123 cm³/mol. The van der Waals surface area contributed by atoms with E-state index >= 15 is 0 Å². The average Bonchev–Trinajstić information content (AvgIpc) is 3.18. The fraction of sp³-hybridized carbons (Fsp3) is 0.450. The molecule has 0 radical (unpaired) electrons. The maximum Gasteiger partial charge on any atom is 0.270 e. The fourth-order valence-electron chi connectivity index (χ4n) is 2.84. The molecule has 0 aliphatic rings. The molecule has 2 amide bonds. The number of carbonyl (C=O) groups is 2. The third-order valence-corrected chi connectivity index (χ3v) is 5.28. The van der Waals surface area contributed by atoms with Crippen molar-refractivity contribution in [1.29, 1.82) is 0 Å². The summed E-state index contributed by atoms with van der Waals surface area (Å²) in [5.41, 5.74) is 0.403. The Hall–Kier alpha value is -2.56. The lowest BCUT2D eigenvalue weighted by Crippen LogP contribution is -2.38.